The van der Waals surface area contributed by atoms with Gasteiger partial charge in [0.15, 0.2) is 6.29 Å². The van der Waals surface area contributed by atoms with E-state index in [1.165, 1.54) is 0 Å². The highest BCUT2D eigenvalue weighted by atomic mass is 35.5. The Hall–Kier alpha value is -0.990. The third kappa shape index (κ3) is 1.76. The Labute approximate surface area is 90.4 Å². The summed E-state index contributed by atoms with van der Waals surface area (Å²) in [6.07, 6.45) is 2.78. The molecule has 1 aliphatic rings. The van der Waals surface area contributed by atoms with Crippen LogP contribution >= 0.6 is 22.5 Å². The summed E-state index contributed by atoms with van der Waals surface area (Å²) in [6.45, 7) is 0. The fourth-order valence-electron chi connectivity index (χ4n) is 1.34. The molecule has 0 spiro atoms. The van der Waals surface area contributed by atoms with Gasteiger partial charge in [0.05, 0.1) is 0 Å². The Morgan fingerprint density at radius 1 is 1.29 bits per heavy atom. The van der Waals surface area contributed by atoms with Gasteiger partial charge in [-0.15, -0.1) is 0 Å². The van der Waals surface area contributed by atoms with Crippen LogP contribution in [0.15, 0.2) is 51.1 Å². The van der Waals surface area contributed by atoms with E-state index >= 15 is 0 Å². The van der Waals surface area contributed by atoms with Crippen LogP contribution in [0.5, 0.6) is 0 Å². The molecule has 3 heteroatoms. The summed E-state index contributed by atoms with van der Waals surface area (Å²) in [5.74, 6) is 0. The van der Waals surface area contributed by atoms with Gasteiger partial charge in [0.2, 0.25) is 0 Å². The number of hydrogen-bond acceptors (Lipinski definition) is 1. The number of carbonyl (C=O) groups is 1. The normalized spacial score (nSPS) is 22.1. The Morgan fingerprint density at radius 3 is 2.71 bits per heavy atom. The van der Waals surface area contributed by atoms with Crippen molar-refractivity contribution in [2.24, 2.45) is 0 Å². The molecule has 0 N–H and O–H groups in total. The molecular formula is C11H9ClOS. The molecule has 1 aromatic carbocycles. The van der Waals surface area contributed by atoms with E-state index in [2.05, 4.69) is 5.41 Å². The van der Waals surface area contributed by atoms with Gasteiger partial charge in [0, 0.05) is 15.5 Å². The first-order valence-electron chi connectivity index (χ1n) is 4.19. The number of thiol groups is 1. The second-order valence-electron chi connectivity index (χ2n) is 2.91. The van der Waals surface area contributed by atoms with Crippen molar-refractivity contribution < 1.29 is 4.79 Å². The summed E-state index contributed by atoms with van der Waals surface area (Å²) in [6, 6.07) is 7.62. The Balaban J connectivity index is 2.42. The van der Waals surface area contributed by atoms with Crippen molar-refractivity contribution in [3.05, 3.63) is 51.8 Å². The number of benzene rings is 1. The van der Waals surface area contributed by atoms with Crippen LogP contribution < -0.4 is 0 Å². The summed E-state index contributed by atoms with van der Waals surface area (Å²) < 4.78 is 0. The highest BCUT2D eigenvalue weighted by Gasteiger charge is 2.10. The van der Waals surface area contributed by atoms with Crippen molar-refractivity contribution in [1.82, 2.24) is 0 Å². The molecular weight excluding hydrogens is 216 g/mol. The van der Waals surface area contributed by atoms with Crippen LogP contribution in [0.2, 0.25) is 0 Å². The predicted octanol–water partition coefficient (Wildman–Crippen LogP) is 3.47. The highest BCUT2D eigenvalue weighted by Crippen LogP contribution is 2.45. The molecule has 1 atom stereocenters. The van der Waals surface area contributed by atoms with Crippen LogP contribution in [0.4, 0.5) is 0 Å². The van der Waals surface area contributed by atoms with Crippen molar-refractivity contribution in [3.8, 4) is 0 Å². The molecule has 1 unspecified atom stereocenters. The van der Waals surface area contributed by atoms with Gasteiger partial charge in [-0.3, -0.25) is 4.79 Å². The summed E-state index contributed by atoms with van der Waals surface area (Å²) in [7, 11) is -0.512. The first-order chi connectivity index (χ1) is 6.81. The van der Waals surface area contributed by atoms with Crippen LogP contribution in [0.25, 0.3) is 0 Å². The number of carbonyl (C=O) groups excluding carboxylic acids is 1. The molecule has 0 saturated carbocycles. The zero-order valence-electron chi connectivity index (χ0n) is 7.35. The van der Waals surface area contributed by atoms with E-state index in [0.29, 0.717) is 0 Å². The van der Waals surface area contributed by atoms with Crippen LogP contribution in [-0.4, -0.2) is 6.29 Å². The minimum atomic E-state index is -0.512. The smallest absolute Gasteiger partial charge is 0.151 e. The summed E-state index contributed by atoms with van der Waals surface area (Å²) >= 11 is 5.85. The molecule has 0 aromatic heterocycles. The van der Waals surface area contributed by atoms with E-state index < -0.39 is 10.9 Å². The minimum Gasteiger partial charge on any atom is -0.298 e. The molecule has 0 aliphatic carbocycles. The molecule has 0 amide bonds. The van der Waals surface area contributed by atoms with Crippen molar-refractivity contribution in [2.75, 3.05) is 0 Å². The predicted molar refractivity (Wildman–Crippen MR) is 62.2 cm³/mol. The second-order valence-corrected chi connectivity index (χ2v) is 5.20. The molecule has 0 bridgehead atoms. The summed E-state index contributed by atoms with van der Waals surface area (Å²) in [4.78, 5) is 11.9. The third-order valence-electron chi connectivity index (χ3n) is 2.00. The van der Waals surface area contributed by atoms with Crippen molar-refractivity contribution in [2.45, 2.75) is 4.90 Å². The van der Waals surface area contributed by atoms with Gasteiger partial charge in [-0.05, 0) is 23.0 Å². The molecule has 1 heterocycles. The maximum atomic E-state index is 10.8. The van der Waals surface area contributed by atoms with E-state index in [9.17, 15) is 4.79 Å². The topological polar surface area (TPSA) is 17.1 Å². The van der Waals surface area contributed by atoms with E-state index in [1.807, 2.05) is 35.7 Å². The van der Waals surface area contributed by atoms with Gasteiger partial charge >= 0.3 is 0 Å². The first kappa shape index (κ1) is 9.56. The summed E-state index contributed by atoms with van der Waals surface area (Å²) in [5.41, 5.74) is 0.755. The van der Waals surface area contributed by atoms with Crippen molar-refractivity contribution >= 4 is 28.8 Å². The average Bonchev–Trinajstić information content (AvgIpc) is 2.65. The number of rotatable bonds is 2. The maximum Gasteiger partial charge on any atom is 0.151 e. The van der Waals surface area contributed by atoms with E-state index in [0.717, 1.165) is 21.8 Å². The average molecular weight is 225 g/mol. The summed E-state index contributed by atoms with van der Waals surface area (Å²) in [5, 5.41) is 4.82. The van der Waals surface area contributed by atoms with Gasteiger partial charge in [-0.25, -0.2) is 0 Å². The largest absolute Gasteiger partial charge is 0.298 e. The molecule has 0 saturated heterocycles. The lowest BCUT2D eigenvalue weighted by atomic mass is 10.2. The van der Waals surface area contributed by atoms with Crippen molar-refractivity contribution in [1.29, 1.82) is 0 Å². The standard InChI is InChI=1S/C11H9ClOS/c12-10-5-6-14(8-10)11-4-2-1-3-9(11)7-13/h1-8,14H. The molecule has 1 aliphatic heterocycles. The zero-order chi connectivity index (χ0) is 9.97. The number of halogens is 1. The van der Waals surface area contributed by atoms with E-state index in [1.54, 1.807) is 0 Å². The van der Waals surface area contributed by atoms with Gasteiger partial charge in [-0.2, -0.15) is 10.9 Å². The fourth-order valence-corrected chi connectivity index (χ4v) is 3.55. The van der Waals surface area contributed by atoms with Gasteiger partial charge < -0.3 is 0 Å². The molecule has 1 aromatic rings. The van der Waals surface area contributed by atoms with Crippen LogP contribution in [0, 0.1) is 0 Å². The number of hydrogen-bond donors (Lipinski definition) is 1. The molecule has 72 valence electrons. The molecule has 1 nitrogen and oxygen atoms in total. The van der Waals surface area contributed by atoms with E-state index in [-0.39, 0.29) is 0 Å². The van der Waals surface area contributed by atoms with Crippen LogP contribution in [0.1, 0.15) is 10.4 Å². The fraction of sp³-hybridized carbons (Fsp3) is 0. The second kappa shape index (κ2) is 4.03. The third-order valence-corrected chi connectivity index (χ3v) is 4.38. The molecule has 2 rings (SSSR count). The number of aldehydes is 1. The maximum absolute atomic E-state index is 10.8. The van der Waals surface area contributed by atoms with E-state index in [4.69, 9.17) is 11.6 Å². The molecule has 0 radical (unpaired) electrons. The minimum absolute atomic E-state index is 0.512. The lowest BCUT2D eigenvalue weighted by molar-refractivity contribution is 0.112. The highest BCUT2D eigenvalue weighted by molar-refractivity contribution is 8.22. The van der Waals surface area contributed by atoms with Gasteiger partial charge in [0.1, 0.15) is 0 Å². The Kier molecular flexibility index (Phi) is 2.75. The zero-order valence-corrected chi connectivity index (χ0v) is 9.00. The van der Waals surface area contributed by atoms with Crippen molar-refractivity contribution in [3.63, 3.8) is 0 Å². The molecule has 14 heavy (non-hydrogen) atoms. The monoisotopic (exact) mass is 224 g/mol. The van der Waals surface area contributed by atoms with Gasteiger partial charge in [0.25, 0.3) is 0 Å². The van der Waals surface area contributed by atoms with Crippen LogP contribution in [0.3, 0.4) is 0 Å². The number of allylic oxidation sites excluding steroid dienone is 2. The van der Waals surface area contributed by atoms with Gasteiger partial charge in [-0.1, -0.05) is 29.8 Å². The Morgan fingerprint density at radius 2 is 2.07 bits per heavy atom. The Bertz CT molecular complexity index is 423. The SMILES string of the molecule is O=Cc1ccccc1[SH]1C=CC(Cl)=C1. The van der Waals surface area contributed by atoms with Crippen LogP contribution in [-0.2, 0) is 0 Å². The molecule has 0 fully saturated rings. The quantitative estimate of drug-likeness (QED) is 0.601. The lowest BCUT2D eigenvalue weighted by Crippen LogP contribution is -1.85. The lowest BCUT2D eigenvalue weighted by Gasteiger charge is -2.11. The first-order valence-corrected chi connectivity index (χ1v) is 6.05.